The fourth-order valence-corrected chi connectivity index (χ4v) is 3.42. The molecular formula is C23H28N2O2. The van der Waals surface area contributed by atoms with E-state index in [2.05, 4.69) is 32.9 Å². The van der Waals surface area contributed by atoms with Crippen molar-refractivity contribution in [1.29, 1.82) is 0 Å². The minimum atomic E-state index is -0.124. The van der Waals surface area contributed by atoms with Crippen LogP contribution in [-0.2, 0) is 23.2 Å². The number of benzene rings is 2. The first-order valence-corrected chi connectivity index (χ1v) is 9.46. The highest BCUT2D eigenvalue weighted by Crippen LogP contribution is 2.23. The molecular weight excluding hydrogens is 336 g/mol. The van der Waals surface area contributed by atoms with Gasteiger partial charge in [-0.3, -0.25) is 9.59 Å². The number of hydrogen-bond donors (Lipinski definition) is 0. The van der Waals surface area contributed by atoms with Crippen molar-refractivity contribution in [3.63, 3.8) is 0 Å². The van der Waals surface area contributed by atoms with Gasteiger partial charge in [-0.25, -0.2) is 0 Å². The summed E-state index contributed by atoms with van der Waals surface area (Å²) in [6, 6.07) is 15.9. The van der Waals surface area contributed by atoms with Crippen LogP contribution < -0.4 is 0 Å². The summed E-state index contributed by atoms with van der Waals surface area (Å²) in [5, 5.41) is 0. The molecule has 1 aliphatic heterocycles. The highest BCUT2D eigenvalue weighted by molar-refractivity contribution is 5.96. The topological polar surface area (TPSA) is 40.6 Å². The molecule has 0 aromatic heterocycles. The summed E-state index contributed by atoms with van der Waals surface area (Å²) in [5.74, 6) is -0.132. The molecule has 4 nitrogen and oxygen atoms in total. The maximum Gasteiger partial charge on any atom is 0.254 e. The highest BCUT2D eigenvalue weighted by atomic mass is 16.2. The van der Waals surface area contributed by atoms with Gasteiger partial charge in [0.2, 0.25) is 5.91 Å². The molecule has 4 heteroatoms. The van der Waals surface area contributed by atoms with Gasteiger partial charge in [-0.2, -0.15) is 0 Å². The molecule has 0 spiro atoms. The van der Waals surface area contributed by atoms with Gasteiger partial charge in [0.25, 0.3) is 5.91 Å². The summed E-state index contributed by atoms with van der Waals surface area (Å²) in [6.45, 7) is 7.86. The van der Waals surface area contributed by atoms with E-state index in [1.165, 1.54) is 21.6 Å². The van der Waals surface area contributed by atoms with Gasteiger partial charge in [0.05, 0.1) is 6.54 Å². The van der Waals surface area contributed by atoms with Gasteiger partial charge in [0.15, 0.2) is 0 Å². The molecule has 0 saturated heterocycles. The number of fused-ring (bicyclic) bond motifs is 1. The van der Waals surface area contributed by atoms with Gasteiger partial charge in [0.1, 0.15) is 0 Å². The van der Waals surface area contributed by atoms with Crippen LogP contribution in [0, 0.1) is 0 Å². The minimum absolute atomic E-state index is 0.00772. The monoisotopic (exact) mass is 364 g/mol. The Bertz CT molecular complexity index is 834. The molecule has 0 aliphatic carbocycles. The average molecular weight is 364 g/mol. The quantitative estimate of drug-likeness (QED) is 0.834. The zero-order chi connectivity index (χ0) is 19.6. The van der Waals surface area contributed by atoms with Gasteiger partial charge in [-0.1, -0.05) is 57.2 Å². The molecule has 0 atom stereocenters. The van der Waals surface area contributed by atoms with E-state index >= 15 is 0 Å². The second-order valence-electron chi connectivity index (χ2n) is 8.32. The predicted molar refractivity (Wildman–Crippen MR) is 108 cm³/mol. The van der Waals surface area contributed by atoms with E-state index in [1.807, 2.05) is 41.3 Å². The molecule has 2 aromatic rings. The maximum atomic E-state index is 12.7. The zero-order valence-corrected chi connectivity index (χ0v) is 16.7. The van der Waals surface area contributed by atoms with Gasteiger partial charge in [-0.15, -0.1) is 0 Å². The van der Waals surface area contributed by atoms with Crippen LogP contribution in [0.3, 0.4) is 0 Å². The van der Waals surface area contributed by atoms with E-state index in [4.69, 9.17) is 0 Å². The van der Waals surface area contributed by atoms with Crippen molar-refractivity contribution in [2.24, 2.45) is 0 Å². The SMILES string of the molecule is CN(CC(=O)N1CCc2ccccc2C1)C(=O)c1ccc(C(C)(C)C)cc1. The molecule has 0 bridgehead atoms. The first kappa shape index (κ1) is 19.2. The van der Waals surface area contributed by atoms with Crippen molar-refractivity contribution >= 4 is 11.8 Å². The van der Waals surface area contributed by atoms with Crippen molar-refractivity contribution in [1.82, 2.24) is 9.80 Å². The number of hydrogen-bond acceptors (Lipinski definition) is 2. The lowest BCUT2D eigenvalue weighted by atomic mass is 9.86. The smallest absolute Gasteiger partial charge is 0.254 e. The lowest BCUT2D eigenvalue weighted by Gasteiger charge is -2.30. The van der Waals surface area contributed by atoms with Gasteiger partial charge in [-0.05, 0) is 40.7 Å². The Labute approximate surface area is 161 Å². The predicted octanol–water partition coefficient (Wildman–Crippen LogP) is 3.64. The minimum Gasteiger partial charge on any atom is -0.336 e. The molecule has 2 amide bonds. The van der Waals surface area contributed by atoms with Crippen molar-refractivity contribution in [3.05, 3.63) is 70.8 Å². The van der Waals surface area contributed by atoms with E-state index in [1.54, 1.807) is 7.05 Å². The molecule has 27 heavy (non-hydrogen) atoms. The van der Waals surface area contributed by atoms with Crippen LogP contribution in [0.4, 0.5) is 0 Å². The summed E-state index contributed by atoms with van der Waals surface area (Å²) in [4.78, 5) is 28.7. The summed E-state index contributed by atoms with van der Waals surface area (Å²) in [5.41, 5.74) is 4.36. The van der Waals surface area contributed by atoms with Crippen LogP contribution in [0.2, 0.25) is 0 Å². The van der Waals surface area contributed by atoms with Crippen LogP contribution in [0.1, 0.15) is 47.8 Å². The number of nitrogens with zero attached hydrogens (tertiary/aromatic N) is 2. The molecule has 0 saturated carbocycles. The third-order valence-corrected chi connectivity index (χ3v) is 5.20. The van der Waals surface area contributed by atoms with Gasteiger partial charge >= 0.3 is 0 Å². The van der Waals surface area contributed by atoms with Crippen LogP contribution in [0.25, 0.3) is 0 Å². The second kappa shape index (κ2) is 7.55. The van der Waals surface area contributed by atoms with Crippen LogP contribution in [0.15, 0.2) is 48.5 Å². The van der Waals surface area contributed by atoms with Crippen molar-refractivity contribution in [2.45, 2.75) is 39.2 Å². The Morgan fingerprint density at radius 1 is 1.00 bits per heavy atom. The fourth-order valence-electron chi connectivity index (χ4n) is 3.42. The van der Waals surface area contributed by atoms with E-state index in [0.717, 1.165) is 6.42 Å². The van der Waals surface area contributed by atoms with Crippen LogP contribution in [-0.4, -0.2) is 41.8 Å². The highest BCUT2D eigenvalue weighted by Gasteiger charge is 2.23. The summed E-state index contributed by atoms with van der Waals surface area (Å²) >= 11 is 0. The Kier molecular flexibility index (Phi) is 5.36. The van der Waals surface area contributed by atoms with E-state index in [9.17, 15) is 9.59 Å². The maximum absolute atomic E-state index is 12.7. The first-order chi connectivity index (χ1) is 12.8. The summed E-state index contributed by atoms with van der Waals surface area (Å²) < 4.78 is 0. The molecule has 3 rings (SSSR count). The van der Waals surface area contributed by atoms with Crippen LogP contribution in [0.5, 0.6) is 0 Å². The molecule has 1 aliphatic rings. The van der Waals surface area contributed by atoms with Crippen molar-refractivity contribution < 1.29 is 9.59 Å². The Balaban J connectivity index is 1.62. The number of likely N-dealkylation sites (N-methyl/N-ethyl adjacent to an activating group) is 1. The molecule has 0 radical (unpaired) electrons. The van der Waals surface area contributed by atoms with E-state index < -0.39 is 0 Å². The zero-order valence-electron chi connectivity index (χ0n) is 16.7. The van der Waals surface area contributed by atoms with E-state index in [-0.39, 0.29) is 23.8 Å². The number of carbonyl (C=O) groups excluding carboxylic acids is 2. The first-order valence-electron chi connectivity index (χ1n) is 9.46. The Hall–Kier alpha value is -2.62. The molecule has 0 N–H and O–H groups in total. The van der Waals surface area contributed by atoms with Crippen molar-refractivity contribution in [3.8, 4) is 0 Å². The average Bonchev–Trinajstić information content (AvgIpc) is 2.66. The van der Waals surface area contributed by atoms with Gasteiger partial charge < -0.3 is 9.80 Å². The molecule has 0 unspecified atom stereocenters. The van der Waals surface area contributed by atoms with E-state index in [0.29, 0.717) is 18.7 Å². The fraction of sp³-hybridized carbons (Fsp3) is 0.391. The largest absolute Gasteiger partial charge is 0.336 e. The number of carbonyl (C=O) groups is 2. The lowest BCUT2D eigenvalue weighted by Crippen LogP contribution is -2.43. The van der Waals surface area contributed by atoms with Crippen molar-refractivity contribution in [2.75, 3.05) is 20.1 Å². The molecule has 1 heterocycles. The Morgan fingerprint density at radius 2 is 1.63 bits per heavy atom. The van der Waals surface area contributed by atoms with Crippen LogP contribution >= 0.6 is 0 Å². The van der Waals surface area contributed by atoms with Gasteiger partial charge in [0, 0.05) is 25.7 Å². The number of rotatable bonds is 3. The summed E-state index contributed by atoms with van der Waals surface area (Å²) in [7, 11) is 1.69. The third-order valence-electron chi connectivity index (χ3n) is 5.20. The number of amides is 2. The standard InChI is InChI=1S/C23H28N2O2/c1-23(2,3)20-11-9-18(10-12-20)22(27)24(4)16-21(26)25-14-13-17-7-5-6-8-19(17)15-25/h5-12H,13-16H2,1-4H3. The Morgan fingerprint density at radius 3 is 2.26 bits per heavy atom. The lowest BCUT2D eigenvalue weighted by molar-refractivity contribution is -0.132. The normalized spacial score (nSPS) is 13.9. The second-order valence-corrected chi connectivity index (χ2v) is 8.32. The molecule has 2 aromatic carbocycles. The molecule has 0 fully saturated rings. The third kappa shape index (κ3) is 4.38. The molecule has 142 valence electrons. The summed E-state index contributed by atoms with van der Waals surface area (Å²) in [6.07, 6.45) is 0.869.